The highest BCUT2D eigenvalue weighted by atomic mass is 19.1. The molecule has 1 unspecified atom stereocenters. The fraction of sp³-hybridized carbons (Fsp3) is 0.115. The maximum absolute atomic E-state index is 14.2. The summed E-state index contributed by atoms with van der Waals surface area (Å²) in [5.74, 6) is -2.01. The average molecular weight is 426 g/mol. The second kappa shape index (κ2) is 6.99. The van der Waals surface area contributed by atoms with Gasteiger partial charge in [-0.15, -0.1) is 0 Å². The number of rotatable bonds is 2. The van der Waals surface area contributed by atoms with Crippen molar-refractivity contribution in [1.82, 2.24) is 4.90 Å². The van der Waals surface area contributed by atoms with E-state index in [-0.39, 0.29) is 12.2 Å². The number of fused-ring (bicyclic) bond motifs is 3. The smallest absolute Gasteiger partial charge is 0.265 e. The van der Waals surface area contributed by atoms with Gasteiger partial charge in [0.15, 0.2) is 5.54 Å². The summed E-state index contributed by atoms with van der Waals surface area (Å²) >= 11 is 0. The molecular weight excluding hydrogens is 407 g/mol. The number of hydrogen-bond acceptors (Lipinski definition) is 3. The molecule has 0 saturated carbocycles. The number of amides is 3. The summed E-state index contributed by atoms with van der Waals surface area (Å²) < 4.78 is 14.2. The Labute approximate surface area is 184 Å². The van der Waals surface area contributed by atoms with Crippen molar-refractivity contribution >= 4 is 29.0 Å². The molecule has 0 saturated heterocycles. The fourth-order valence-electron chi connectivity index (χ4n) is 4.81. The first-order valence-corrected chi connectivity index (χ1v) is 10.2. The Morgan fingerprint density at radius 1 is 0.969 bits per heavy atom. The number of benzene rings is 3. The van der Waals surface area contributed by atoms with Gasteiger partial charge in [0.1, 0.15) is 5.82 Å². The van der Waals surface area contributed by atoms with E-state index in [1.807, 2.05) is 30.3 Å². The van der Waals surface area contributed by atoms with Crippen molar-refractivity contribution in [3.8, 4) is 0 Å². The van der Waals surface area contributed by atoms with Crippen LogP contribution in [0.1, 0.15) is 34.0 Å². The van der Waals surface area contributed by atoms with Crippen LogP contribution in [0.2, 0.25) is 0 Å². The van der Waals surface area contributed by atoms with Gasteiger partial charge in [0, 0.05) is 23.6 Å². The standard InChI is InChI=1S/C26H19FN2O3/c1-16-20-13-12-19(27)14-23(20)29(17(2)30)26(16)22-11-7-6-10-21(22)24(31)28(25(26)32)15-18-8-4-3-5-9-18/h3-14H,1,15H2,2H3. The van der Waals surface area contributed by atoms with E-state index in [0.29, 0.717) is 22.3 Å². The molecule has 5 nitrogen and oxygen atoms in total. The molecule has 0 aliphatic carbocycles. The molecule has 1 spiro atoms. The fourth-order valence-corrected chi connectivity index (χ4v) is 4.81. The molecule has 6 heteroatoms. The number of nitrogens with zero attached hydrogens (tertiary/aromatic N) is 2. The molecule has 2 aliphatic rings. The van der Waals surface area contributed by atoms with Crippen molar-refractivity contribution in [2.75, 3.05) is 4.90 Å². The Morgan fingerprint density at radius 3 is 2.38 bits per heavy atom. The number of anilines is 1. The van der Waals surface area contributed by atoms with Gasteiger partial charge in [0.05, 0.1) is 12.2 Å². The molecule has 2 aliphatic heterocycles. The van der Waals surface area contributed by atoms with Crippen LogP contribution in [0.3, 0.4) is 0 Å². The maximum Gasteiger partial charge on any atom is 0.265 e. The lowest BCUT2D eigenvalue weighted by Crippen LogP contribution is -2.61. The minimum absolute atomic E-state index is 0.0400. The Hall–Kier alpha value is -4.06. The molecule has 0 N–H and O–H groups in total. The van der Waals surface area contributed by atoms with Crippen LogP contribution in [-0.2, 0) is 21.7 Å². The normalized spacial score (nSPS) is 19.4. The summed E-state index contributed by atoms with van der Waals surface area (Å²) in [4.78, 5) is 42.9. The summed E-state index contributed by atoms with van der Waals surface area (Å²) in [6.45, 7) is 5.54. The Balaban J connectivity index is 1.79. The average Bonchev–Trinajstić information content (AvgIpc) is 3.05. The van der Waals surface area contributed by atoms with Crippen molar-refractivity contribution in [3.63, 3.8) is 0 Å². The first-order valence-electron chi connectivity index (χ1n) is 10.2. The SMILES string of the molecule is C=C1c2ccc(F)cc2N(C(C)=O)C12C(=O)N(Cc1ccccc1)C(=O)c1ccccc12. The Morgan fingerprint density at radius 2 is 1.66 bits per heavy atom. The lowest BCUT2D eigenvalue weighted by molar-refractivity contribution is -0.135. The summed E-state index contributed by atoms with van der Waals surface area (Å²) in [6.07, 6.45) is 0. The third-order valence-corrected chi connectivity index (χ3v) is 6.14. The molecule has 3 aromatic rings. The van der Waals surface area contributed by atoms with E-state index in [2.05, 4.69) is 6.58 Å². The summed E-state index contributed by atoms with van der Waals surface area (Å²) in [6, 6.07) is 19.9. The van der Waals surface area contributed by atoms with E-state index < -0.39 is 29.1 Å². The number of carbonyl (C=O) groups is 3. The van der Waals surface area contributed by atoms with Crippen LogP contribution in [0.15, 0.2) is 79.4 Å². The van der Waals surface area contributed by atoms with Gasteiger partial charge < -0.3 is 0 Å². The molecule has 0 bridgehead atoms. The van der Waals surface area contributed by atoms with Crippen LogP contribution in [0.5, 0.6) is 0 Å². The van der Waals surface area contributed by atoms with Gasteiger partial charge in [-0.3, -0.25) is 24.2 Å². The third kappa shape index (κ3) is 2.52. The zero-order chi connectivity index (χ0) is 22.6. The van der Waals surface area contributed by atoms with Gasteiger partial charge in [0.2, 0.25) is 5.91 Å². The molecule has 2 heterocycles. The highest BCUT2D eigenvalue weighted by Crippen LogP contribution is 2.55. The van der Waals surface area contributed by atoms with Crippen molar-refractivity contribution in [3.05, 3.63) is 107 Å². The topological polar surface area (TPSA) is 57.7 Å². The van der Waals surface area contributed by atoms with Gasteiger partial charge in [-0.1, -0.05) is 55.1 Å². The summed E-state index contributed by atoms with van der Waals surface area (Å²) in [7, 11) is 0. The first-order chi connectivity index (χ1) is 15.4. The van der Waals surface area contributed by atoms with Crippen molar-refractivity contribution in [1.29, 1.82) is 0 Å². The van der Waals surface area contributed by atoms with E-state index in [4.69, 9.17) is 0 Å². The van der Waals surface area contributed by atoms with Crippen LogP contribution in [0.25, 0.3) is 5.57 Å². The molecule has 158 valence electrons. The Kier molecular flexibility index (Phi) is 4.34. The van der Waals surface area contributed by atoms with Crippen LogP contribution < -0.4 is 4.90 Å². The van der Waals surface area contributed by atoms with E-state index in [9.17, 15) is 18.8 Å². The monoisotopic (exact) mass is 426 g/mol. The zero-order valence-electron chi connectivity index (χ0n) is 17.3. The number of hydrogen-bond donors (Lipinski definition) is 0. The van der Waals surface area contributed by atoms with Gasteiger partial charge in [0.25, 0.3) is 11.8 Å². The van der Waals surface area contributed by atoms with Crippen LogP contribution in [0.4, 0.5) is 10.1 Å². The second-order valence-corrected chi connectivity index (χ2v) is 7.93. The van der Waals surface area contributed by atoms with Crippen LogP contribution >= 0.6 is 0 Å². The molecule has 3 aromatic carbocycles. The lowest BCUT2D eigenvalue weighted by Gasteiger charge is -2.44. The first kappa shape index (κ1) is 19.9. The molecule has 5 rings (SSSR count). The predicted octanol–water partition coefficient (Wildman–Crippen LogP) is 4.28. The van der Waals surface area contributed by atoms with Gasteiger partial charge in [-0.05, 0) is 35.4 Å². The largest absolute Gasteiger partial charge is 0.288 e. The van der Waals surface area contributed by atoms with Gasteiger partial charge in [-0.2, -0.15) is 0 Å². The zero-order valence-corrected chi connectivity index (χ0v) is 17.3. The molecule has 3 amide bonds. The van der Waals surface area contributed by atoms with E-state index >= 15 is 0 Å². The van der Waals surface area contributed by atoms with Gasteiger partial charge in [-0.25, -0.2) is 4.39 Å². The van der Waals surface area contributed by atoms with Gasteiger partial charge >= 0.3 is 0 Å². The quantitative estimate of drug-likeness (QED) is 0.575. The third-order valence-electron chi connectivity index (χ3n) is 6.14. The molecule has 0 aromatic heterocycles. The number of halogens is 1. The number of carbonyl (C=O) groups excluding carboxylic acids is 3. The molecule has 0 radical (unpaired) electrons. The molecular formula is C26H19FN2O3. The number of imide groups is 1. The van der Waals surface area contributed by atoms with E-state index in [1.54, 1.807) is 24.3 Å². The predicted molar refractivity (Wildman–Crippen MR) is 118 cm³/mol. The van der Waals surface area contributed by atoms with Crippen LogP contribution in [0, 0.1) is 5.82 Å². The highest BCUT2D eigenvalue weighted by molar-refractivity contribution is 6.24. The molecule has 32 heavy (non-hydrogen) atoms. The molecule has 0 fully saturated rings. The Bertz CT molecular complexity index is 1320. The second-order valence-electron chi connectivity index (χ2n) is 7.93. The lowest BCUT2D eigenvalue weighted by atomic mass is 9.75. The maximum atomic E-state index is 14.2. The van der Waals surface area contributed by atoms with Crippen molar-refractivity contribution in [2.45, 2.75) is 19.0 Å². The van der Waals surface area contributed by atoms with E-state index in [0.717, 1.165) is 10.5 Å². The van der Waals surface area contributed by atoms with E-state index in [1.165, 1.54) is 30.0 Å². The van der Waals surface area contributed by atoms with Crippen LogP contribution in [-0.4, -0.2) is 22.6 Å². The minimum atomic E-state index is -1.67. The van der Waals surface area contributed by atoms with Crippen molar-refractivity contribution in [2.24, 2.45) is 0 Å². The summed E-state index contributed by atoms with van der Waals surface area (Å²) in [5.41, 5.74) is 0.885. The summed E-state index contributed by atoms with van der Waals surface area (Å²) in [5, 5.41) is 0. The highest BCUT2D eigenvalue weighted by Gasteiger charge is 2.61. The molecule has 1 atom stereocenters. The van der Waals surface area contributed by atoms with Crippen molar-refractivity contribution < 1.29 is 18.8 Å². The minimum Gasteiger partial charge on any atom is -0.288 e.